The van der Waals surface area contributed by atoms with Gasteiger partial charge in [0.25, 0.3) is 0 Å². The lowest BCUT2D eigenvalue weighted by atomic mass is 9.94. The Labute approximate surface area is 129 Å². The molecule has 106 valence electrons. The Morgan fingerprint density at radius 1 is 0.909 bits per heavy atom. The average molecular weight is 285 g/mol. The van der Waals surface area contributed by atoms with Crippen molar-refractivity contribution >= 4 is 16.7 Å². The summed E-state index contributed by atoms with van der Waals surface area (Å²) < 4.78 is 0. The second-order valence-corrected chi connectivity index (χ2v) is 5.63. The molecule has 1 aliphatic carbocycles. The predicted octanol–water partition coefficient (Wildman–Crippen LogP) is 4.09. The summed E-state index contributed by atoms with van der Waals surface area (Å²) in [4.78, 5) is 15.3. The standard InChI is InChI=1S/C20H15NO/c22-19-8-4-7-16-17-13-15(11-12-18(17)21-20(16)19)10-9-14-5-2-1-3-6-14/h1-3,5-6,11-13,21H,4,7-8H2. The highest BCUT2D eigenvalue weighted by Gasteiger charge is 2.21. The van der Waals surface area contributed by atoms with Crippen molar-refractivity contribution in [2.75, 3.05) is 0 Å². The van der Waals surface area contributed by atoms with Gasteiger partial charge in [-0.2, -0.15) is 0 Å². The lowest BCUT2D eigenvalue weighted by Crippen LogP contribution is -2.09. The van der Waals surface area contributed by atoms with Crippen LogP contribution in [0.3, 0.4) is 0 Å². The van der Waals surface area contributed by atoms with Crippen LogP contribution >= 0.6 is 0 Å². The van der Waals surface area contributed by atoms with Gasteiger partial charge in [-0.15, -0.1) is 0 Å². The van der Waals surface area contributed by atoms with Crippen molar-refractivity contribution in [2.24, 2.45) is 0 Å². The van der Waals surface area contributed by atoms with Gasteiger partial charge in [0.2, 0.25) is 0 Å². The summed E-state index contributed by atoms with van der Waals surface area (Å²) in [6.07, 6.45) is 2.57. The average Bonchev–Trinajstić information content (AvgIpc) is 2.94. The van der Waals surface area contributed by atoms with Gasteiger partial charge in [0.1, 0.15) is 0 Å². The lowest BCUT2D eigenvalue weighted by molar-refractivity contribution is 0.0968. The summed E-state index contributed by atoms with van der Waals surface area (Å²) in [5.74, 6) is 6.62. The van der Waals surface area contributed by atoms with Gasteiger partial charge in [0.05, 0.1) is 5.69 Å². The van der Waals surface area contributed by atoms with Crippen molar-refractivity contribution in [1.82, 2.24) is 4.98 Å². The molecule has 0 fully saturated rings. The molecule has 0 saturated carbocycles. The van der Waals surface area contributed by atoms with Crippen LogP contribution in [0.1, 0.15) is 40.0 Å². The molecule has 2 aromatic carbocycles. The number of carbonyl (C=O) groups is 1. The Bertz CT molecular complexity index is 923. The number of H-pyrrole nitrogens is 1. The molecule has 0 atom stereocenters. The van der Waals surface area contributed by atoms with Gasteiger partial charge in [-0.05, 0) is 48.7 Å². The van der Waals surface area contributed by atoms with Crippen LogP contribution in [0.15, 0.2) is 48.5 Å². The van der Waals surface area contributed by atoms with E-state index in [0.29, 0.717) is 6.42 Å². The Morgan fingerprint density at radius 2 is 1.73 bits per heavy atom. The SMILES string of the molecule is O=C1CCCc2c1[nH]c1ccc(C#Cc3ccccc3)cc21. The number of aryl methyl sites for hydroxylation is 1. The number of ketones is 1. The van der Waals surface area contributed by atoms with Crippen LogP contribution in [0.2, 0.25) is 0 Å². The maximum absolute atomic E-state index is 12.0. The van der Waals surface area contributed by atoms with E-state index in [1.807, 2.05) is 42.5 Å². The van der Waals surface area contributed by atoms with E-state index in [-0.39, 0.29) is 5.78 Å². The Morgan fingerprint density at radius 3 is 2.59 bits per heavy atom. The molecule has 0 unspecified atom stereocenters. The maximum Gasteiger partial charge on any atom is 0.179 e. The smallest absolute Gasteiger partial charge is 0.179 e. The fraction of sp³-hybridized carbons (Fsp3) is 0.150. The first-order valence-corrected chi connectivity index (χ1v) is 7.56. The molecule has 4 rings (SSSR count). The van der Waals surface area contributed by atoms with E-state index in [2.05, 4.69) is 22.9 Å². The fourth-order valence-corrected chi connectivity index (χ4v) is 3.04. The summed E-state index contributed by atoms with van der Waals surface area (Å²) in [6, 6.07) is 16.1. The molecule has 0 spiro atoms. The Hall–Kier alpha value is -2.79. The van der Waals surface area contributed by atoms with Gasteiger partial charge in [-0.1, -0.05) is 30.0 Å². The van der Waals surface area contributed by atoms with E-state index in [1.54, 1.807) is 0 Å². The first-order valence-electron chi connectivity index (χ1n) is 7.56. The number of fused-ring (bicyclic) bond motifs is 3. The number of rotatable bonds is 0. The summed E-state index contributed by atoms with van der Waals surface area (Å²) >= 11 is 0. The minimum Gasteiger partial charge on any atom is -0.352 e. The number of nitrogens with one attached hydrogen (secondary N) is 1. The van der Waals surface area contributed by atoms with E-state index >= 15 is 0 Å². The van der Waals surface area contributed by atoms with Crippen molar-refractivity contribution < 1.29 is 4.79 Å². The summed E-state index contributed by atoms with van der Waals surface area (Å²) in [6.45, 7) is 0. The number of Topliss-reactive ketones (excluding diaryl/α,β-unsaturated/α-hetero) is 1. The zero-order valence-electron chi connectivity index (χ0n) is 12.1. The minimum absolute atomic E-state index is 0.231. The second-order valence-electron chi connectivity index (χ2n) is 5.63. The van der Waals surface area contributed by atoms with E-state index < -0.39 is 0 Å². The molecule has 1 aliphatic rings. The summed E-state index contributed by atoms with van der Waals surface area (Å²) in [5.41, 5.74) is 4.99. The number of benzene rings is 2. The molecule has 0 radical (unpaired) electrons. The van der Waals surface area contributed by atoms with E-state index in [9.17, 15) is 4.79 Å². The van der Waals surface area contributed by atoms with Gasteiger partial charge < -0.3 is 4.98 Å². The van der Waals surface area contributed by atoms with Gasteiger partial charge in [0.15, 0.2) is 5.78 Å². The van der Waals surface area contributed by atoms with Crippen molar-refractivity contribution in [3.63, 3.8) is 0 Å². The monoisotopic (exact) mass is 285 g/mol. The van der Waals surface area contributed by atoms with Crippen LogP contribution in [-0.2, 0) is 6.42 Å². The van der Waals surface area contributed by atoms with Crippen LogP contribution < -0.4 is 0 Å². The molecule has 1 heterocycles. The van der Waals surface area contributed by atoms with E-state index in [1.165, 1.54) is 0 Å². The molecule has 2 heteroatoms. The molecule has 3 aromatic rings. The molecule has 0 amide bonds. The fourth-order valence-electron chi connectivity index (χ4n) is 3.04. The molecule has 1 aromatic heterocycles. The summed E-state index contributed by atoms with van der Waals surface area (Å²) in [5, 5.41) is 1.14. The zero-order valence-corrected chi connectivity index (χ0v) is 12.1. The maximum atomic E-state index is 12.0. The number of carbonyl (C=O) groups excluding carboxylic acids is 1. The largest absolute Gasteiger partial charge is 0.352 e. The van der Waals surface area contributed by atoms with E-state index in [0.717, 1.165) is 46.1 Å². The third kappa shape index (κ3) is 2.21. The molecule has 0 aliphatic heterocycles. The predicted molar refractivity (Wildman–Crippen MR) is 88.0 cm³/mol. The molecule has 1 N–H and O–H groups in total. The first kappa shape index (κ1) is 12.9. The molecular weight excluding hydrogens is 270 g/mol. The van der Waals surface area contributed by atoms with Crippen LogP contribution in [0.4, 0.5) is 0 Å². The molecular formula is C20H15NO. The van der Waals surface area contributed by atoms with Gasteiger partial charge in [0, 0.05) is 28.5 Å². The molecule has 2 nitrogen and oxygen atoms in total. The minimum atomic E-state index is 0.231. The number of hydrogen-bond donors (Lipinski definition) is 1. The Kier molecular flexibility index (Phi) is 3.05. The highest BCUT2D eigenvalue weighted by molar-refractivity contribution is 6.03. The quantitative estimate of drug-likeness (QED) is 0.620. The van der Waals surface area contributed by atoms with Crippen LogP contribution in [0.5, 0.6) is 0 Å². The summed E-state index contributed by atoms with van der Waals surface area (Å²) in [7, 11) is 0. The lowest BCUT2D eigenvalue weighted by Gasteiger charge is -2.09. The number of aromatic nitrogens is 1. The molecule has 0 saturated heterocycles. The van der Waals surface area contributed by atoms with Crippen LogP contribution in [-0.4, -0.2) is 10.8 Å². The van der Waals surface area contributed by atoms with Gasteiger partial charge in [-0.3, -0.25) is 4.79 Å². The zero-order chi connectivity index (χ0) is 14.9. The van der Waals surface area contributed by atoms with Gasteiger partial charge in [-0.25, -0.2) is 0 Å². The van der Waals surface area contributed by atoms with Crippen LogP contribution in [0, 0.1) is 11.8 Å². The highest BCUT2D eigenvalue weighted by atomic mass is 16.1. The second kappa shape index (κ2) is 5.20. The topological polar surface area (TPSA) is 32.9 Å². The number of aromatic amines is 1. The van der Waals surface area contributed by atoms with Crippen molar-refractivity contribution in [2.45, 2.75) is 19.3 Å². The number of hydrogen-bond acceptors (Lipinski definition) is 1. The third-order valence-corrected chi connectivity index (χ3v) is 4.14. The molecule has 0 bridgehead atoms. The first-order chi connectivity index (χ1) is 10.8. The van der Waals surface area contributed by atoms with E-state index in [4.69, 9.17) is 0 Å². The third-order valence-electron chi connectivity index (χ3n) is 4.14. The van der Waals surface area contributed by atoms with Crippen molar-refractivity contribution in [3.8, 4) is 11.8 Å². The molecule has 22 heavy (non-hydrogen) atoms. The van der Waals surface area contributed by atoms with Crippen LogP contribution in [0.25, 0.3) is 10.9 Å². The highest BCUT2D eigenvalue weighted by Crippen LogP contribution is 2.29. The normalized spacial score (nSPS) is 13.5. The van der Waals surface area contributed by atoms with Crippen molar-refractivity contribution in [3.05, 3.63) is 70.9 Å². The van der Waals surface area contributed by atoms with Gasteiger partial charge >= 0.3 is 0 Å². The van der Waals surface area contributed by atoms with Crippen molar-refractivity contribution in [1.29, 1.82) is 0 Å². The Balaban J connectivity index is 1.78.